The van der Waals surface area contributed by atoms with Gasteiger partial charge in [-0.05, 0) is 37.0 Å². The van der Waals surface area contributed by atoms with Crippen LogP contribution in [0.15, 0.2) is 29.2 Å². The molecule has 2 atom stereocenters. The molecule has 3 aromatic rings. The molecule has 1 aliphatic carbocycles. The van der Waals surface area contributed by atoms with Crippen molar-refractivity contribution in [2.45, 2.75) is 25.7 Å². The molecule has 3 heterocycles. The lowest BCUT2D eigenvalue weighted by molar-refractivity contribution is 0.273. The Hall–Kier alpha value is -2.56. The van der Waals surface area contributed by atoms with Gasteiger partial charge in [0.1, 0.15) is 11.8 Å². The van der Waals surface area contributed by atoms with E-state index in [1.165, 1.54) is 11.3 Å². The number of thiazole rings is 1. The Morgan fingerprint density at radius 3 is 3.04 bits per heavy atom. The summed E-state index contributed by atoms with van der Waals surface area (Å²) in [6.45, 7) is 2.16. The molecular formula is C18H16N4O2S. The van der Waals surface area contributed by atoms with E-state index in [0.717, 1.165) is 22.6 Å². The van der Waals surface area contributed by atoms with Crippen LogP contribution in [0.3, 0.4) is 0 Å². The molecule has 126 valence electrons. The zero-order chi connectivity index (χ0) is 17.6. The molecule has 6 nitrogen and oxygen atoms in total. The van der Waals surface area contributed by atoms with Crippen LogP contribution < -0.4 is 5.56 Å². The first-order valence-electron chi connectivity index (χ1n) is 8.08. The van der Waals surface area contributed by atoms with Gasteiger partial charge in [0.05, 0.1) is 5.69 Å². The molecule has 1 aliphatic rings. The van der Waals surface area contributed by atoms with E-state index in [1.807, 2.05) is 19.1 Å². The Balaban J connectivity index is 1.73. The molecule has 1 N–H and O–H groups in total. The van der Waals surface area contributed by atoms with E-state index in [1.54, 1.807) is 22.7 Å². The van der Waals surface area contributed by atoms with Gasteiger partial charge in [0.25, 0.3) is 5.56 Å². The Bertz CT molecular complexity index is 1060. The van der Waals surface area contributed by atoms with E-state index in [2.05, 4.69) is 9.97 Å². The van der Waals surface area contributed by atoms with E-state index in [0.29, 0.717) is 22.8 Å². The highest BCUT2D eigenvalue weighted by atomic mass is 32.1. The first-order chi connectivity index (χ1) is 12.1. The predicted molar refractivity (Wildman–Crippen MR) is 93.8 cm³/mol. The first kappa shape index (κ1) is 15.9. The standard InChI is InChI=1S/C18H16N4O2S/c1-10-17(15-6-12(15)9-23)22-16(24)7-13(21-18(22)25-10)4-11-2-3-20-14(5-11)8-19/h2-3,5,7,12,15,23H,4,6,9H2,1H3. The Labute approximate surface area is 148 Å². The number of aliphatic hydroxyl groups is 1. The summed E-state index contributed by atoms with van der Waals surface area (Å²) in [5.41, 5.74) is 2.85. The molecule has 0 bridgehead atoms. The second kappa shape index (κ2) is 6.06. The van der Waals surface area contributed by atoms with E-state index in [9.17, 15) is 9.90 Å². The fourth-order valence-corrected chi connectivity index (χ4v) is 4.36. The van der Waals surface area contributed by atoms with E-state index in [-0.39, 0.29) is 24.0 Å². The van der Waals surface area contributed by atoms with Gasteiger partial charge in [-0.1, -0.05) is 0 Å². The number of aliphatic hydroxyl groups excluding tert-OH is 1. The number of aromatic nitrogens is 3. The lowest BCUT2D eigenvalue weighted by atomic mass is 10.1. The van der Waals surface area contributed by atoms with Crippen LogP contribution in [0.2, 0.25) is 0 Å². The molecule has 25 heavy (non-hydrogen) atoms. The Morgan fingerprint density at radius 2 is 2.32 bits per heavy atom. The molecule has 7 heteroatoms. The van der Waals surface area contributed by atoms with Crippen LogP contribution in [-0.2, 0) is 6.42 Å². The topological polar surface area (TPSA) is 91.3 Å². The van der Waals surface area contributed by atoms with Crippen LogP contribution >= 0.6 is 11.3 Å². The van der Waals surface area contributed by atoms with Crippen molar-refractivity contribution in [3.05, 3.63) is 62.3 Å². The molecule has 2 unspecified atom stereocenters. The number of nitrogens with zero attached hydrogens (tertiary/aromatic N) is 4. The number of pyridine rings is 1. The third-order valence-corrected chi connectivity index (χ3v) is 5.59. The Kier molecular flexibility index (Phi) is 3.86. The number of hydrogen-bond donors (Lipinski definition) is 1. The maximum absolute atomic E-state index is 12.7. The normalized spacial score (nSPS) is 19.1. The highest BCUT2D eigenvalue weighted by Gasteiger charge is 2.41. The molecular weight excluding hydrogens is 336 g/mol. The largest absolute Gasteiger partial charge is 0.396 e. The molecule has 1 fully saturated rings. The molecule has 0 radical (unpaired) electrons. The van der Waals surface area contributed by atoms with E-state index >= 15 is 0 Å². The molecule has 1 saturated carbocycles. The quantitative estimate of drug-likeness (QED) is 0.776. The van der Waals surface area contributed by atoms with Gasteiger partial charge in [-0.2, -0.15) is 5.26 Å². The smallest absolute Gasteiger partial charge is 0.258 e. The number of rotatable bonds is 4. The van der Waals surface area contributed by atoms with Gasteiger partial charge >= 0.3 is 0 Å². The van der Waals surface area contributed by atoms with Gasteiger partial charge < -0.3 is 5.11 Å². The maximum Gasteiger partial charge on any atom is 0.258 e. The predicted octanol–water partition coefficient (Wildman–Crippen LogP) is 2.02. The molecule has 0 saturated heterocycles. The van der Waals surface area contributed by atoms with Crippen molar-refractivity contribution in [2.75, 3.05) is 6.61 Å². The minimum atomic E-state index is -0.0856. The minimum Gasteiger partial charge on any atom is -0.396 e. The SMILES string of the molecule is Cc1sc2nc(Cc3ccnc(C#N)c3)cc(=O)n2c1C1CC1CO. The summed E-state index contributed by atoms with van der Waals surface area (Å²) in [4.78, 5) is 23.0. The van der Waals surface area contributed by atoms with Crippen LogP contribution in [0.5, 0.6) is 0 Å². The summed E-state index contributed by atoms with van der Waals surface area (Å²) in [6, 6.07) is 7.12. The van der Waals surface area contributed by atoms with Crippen molar-refractivity contribution >= 4 is 16.3 Å². The lowest BCUT2D eigenvalue weighted by Crippen LogP contribution is -2.17. The highest BCUT2D eigenvalue weighted by Crippen LogP contribution is 2.49. The first-order valence-corrected chi connectivity index (χ1v) is 8.90. The zero-order valence-electron chi connectivity index (χ0n) is 13.6. The number of aryl methyl sites for hydroxylation is 1. The average Bonchev–Trinajstić information content (AvgIpc) is 3.29. The minimum absolute atomic E-state index is 0.0856. The summed E-state index contributed by atoms with van der Waals surface area (Å²) in [5, 5.41) is 18.3. The molecule has 0 spiro atoms. The van der Waals surface area contributed by atoms with Gasteiger partial charge in [0.2, 0.25) is 0 Å². The van der Waals surface area contributed by atoms with Crippen molar-refractivity contribution in [3.63, 3.8) is 0 Å². The number of hydrogen-bond acceptors (Lipinski definition) is 6. The number of nitriles is 1. The molecule has 3 aromatic heterocycles. The van der Waals surface area contributed by atoms with Crippen LogP contribution in [0, 0.1) is 24.2 Å². The summed E-state index contributed by atoms with van der Waals surface area (Å²) >= 11 is 1.51. The van der Waals surface area contributed by atoms with Crippen molar-refractivity contribution < 1.29 is 5.11 Å². The van der Waals surface area contributed by atoms with Gasteiger partial charge in [-0.3, -0.25) is 9.20 Å². The van der Waals surface area contributed by atoms with Crippen molar-refractivity contribution in [3.8, 4) is 6.07 Å². The molecule has 0 aliphatic heterocycles. The summed E-state index contributed by atoms with van der Waals surface area (Å²) in [5.74, 6) is 0.506. The molecule has 4 rings (SSSR count). The summed E-state index contributed by atoms with van der Waals surface area (Å²) in [7, 11) is 0. The number of fused-ring (bicyclic) bond motifs is 1. The van der Waals surface area contributed by atoms with E-state index in [4.69, 9.17) is 5.26 Å². The van der Waals surface area contributed by atoms with Gasteiger partial charge in [-0.25, -0.2) is 9.97 Å². The second-order valence-corrected chi connectivity index (χ2v) is 7.55. The van der Waals surface area contributed by atoms with Gasteiger partial charge in [0.15, 0.2) is 4.96 Å². The van der Waals surface area contributed by atoms with Crippen LogP contribution in [0.4, 0.5) is 0 Å². The van der Waals surface area contributed by atoms with Crippen LogP contribution in [0.25, 0.3) is 4.96 Å². The van der Waals surface area contributed by atoms with Crippen molar-refractivity contribution in [2.24, 2.45) is 5.92 Å². The van der Waals surface area contributed by atoms with Crippen LogP contribution in [-0.4, -0.2) is 26.1 Å². The second-order valence-electron chi connectivity index (χ2n) is 6.37. The fraction of sp³-hybridized carbons (Fsp3) is 0.333. The third-order valence-electron chi connectivity index (χ3n) is 4.62. The maximum atomic E-state index is 12.7. The Morgan fingerprint density at radius 1 is 1.48 bits per heavy atom. The molecule has 0 aromatic carbocycles. The van der Waals surface area contributed by atoms with Gasteiger partial charge in [0, 0.05) is 41.8 Å². The fourth-order valence-electron chi connectivity index (χ4n) is 3.30. The summed E-state index contributed by atoms with van der Waals surface area (Å²) in [6.07, 6.45) is 3.00. The monoisotopic (exact) mass is 352 g/mol. The van der Waals surface area contributed by atoms with Crippen LogP contribution in [0.1, 0.15) is 39.9 Å². The zero-order valence-corrected chi connectivity index (χ0v) is 14.5. The van der Waals surface area contributed by atoms with E-state index < -0.39 is 0 Å². The van der Waals surface area contributed by atoms with Crippen molar-refractivity contribution in [1.29, 1.82) is 5.26 Å². The molecule has 0 amide bonds. The summed E-state index contributed by atoms with van der Waals surface area (Å²) < 4.78 is 1.69. The average molecular weight is 352 g/mol. The highest BCUT2D eigenvalue weighted by molar-refractivity contribution is 7.17. The van der Waals surface area contributed by atoms with Crippen molar-refractivity contribution in [1.82, 2.24) is 14.4 Å². The lowest BCUT2D eigenvalue weighted by Gasteiger charge is -2.04. The van der Waals surface area contributed by atoms with Gasteiger partial charge in [-0.15, -0.1) is 11.3 Å². The third kappa shape index (κ3) is 2.84.